The van der Waals surface area contributed by atoms with Crippen LogP contribution in [0.4, 0.5) is 5.69 Å². The predicted molar refractivity (Wildman–Crippen MR) is 82.3 cm³/mol. The van der Waals surface area contributed by atoms with Gasteiger partial charge >= 0.3 is 5.97 Å². The molecule has 1 aromatic carbocycles. The first-order valence-electron chi connectivity index (χ1n) is 4.52. The molecule has 0 atom stereocenters. The maximum Gasteiger partial charge on any atom is 0.337 e. The summed E-state index contributed by atoms with van der Waals surface area (Å²) in [6.45, 7) is 5.07. The van der Waals surface area contributed by atoms with Gasteiger partial charge in [-0.15, -0.1) is 0 Å². The number of rotatable bonds is 3. The lowest BCUT2D eigenvalue weighted by molar-refractivity contribution is -0.112. The molecule has 1 rings (SSSR count). The van der Waals surface area contributed by atoms with E-state index in [4.69, 9.17) is 5.11 Å². The van der Waals surface area contributed by atoms with E-state index >= 15 is 0 Å². The number of amides is 1. The van der Waals surface area contributed by atoms with E-state index in [1.54, 1.807) is 13.0 Å². The van der Waals surface area contributed by atoms with Gasteiger partial charge in [-0.3, -0.25) is 4.79 Å². The van der Waals surface area contributed by atoms with Crippen molar-refractivity contribution >= 4 is 62.7 Å². The van der Waals surface area contributed by atoms with Crippen LogP contribution in [0.5, 0.6) is 0 Å². The van der Waals surface area contributed by atoms with Crippen LogP contribution in [0.2, 0.25) is 0 Å². The van der Waals surface area contributed by atoms with Gasteiger partial charge in [-0.05, 0) is 64.2 Å². The first-order chi connectivity index (χ1) is 7.82. The molecule has 0 radical (unpaired) electrons. The molecule has 0 fully saturated rings. The first kappa shape index (κ1) is 14.4. The van der Waals surface area contributed by atoms with Crippen LogP contribution in [-0.4, -0.2) is 17.0 Å². The lowest BCUT2D eigenvalue weighted by Gasteiger charge is -2.11. The Morgan fingerprint density at radius 1 is 1.35 bits per heavy atom. The molecule has 1 amide bonds. The van der Waals surface area contributed by atoms with Crippen LogP contribution in [0, 0.1) is 7.14 Å². The van der Waals surface area contributed by atoms with Gasteiger partial charge in [0.15, 0.2) is 0 Å². The number of benzene rings is 1. The van der Waals surface area contributed by atoms with Crippen molar-refractivity contribution in [2.24, 2.45) is 0 Å². The molecule has 0 aliphatic carbocycles. The number of nitrogens with one attached hydrogen (secondary N) is 1. The van der Waals surface area contributed by atoms with Crippen molar-refractivity contribution in [2.75, 3.05) is 5.32 Å². The van der Waals surface area contributed by atoms with Gasteiger partial charge in [-0.2, -0.15) is 0 Å². The number of anilines is 1. The molecule has 0 aliphatic rings. The van der Waals surface area contributed by atoms with Crippen molar-refractivity contribution < 1.29 is 14.7 Å². The lowest BCUT2D eigenvalue weighted by atomic mass is 10.1. The van der Waals surface area contributed by atoms with Crippen molar-refractivity contribution in [1.82, 2.24) is 0 Å². The summed E-state index contributed by atoms with van der Waals surface area (Å²) >= 11 is 4.02. The molecule has 4 nitrogen and oxygen atoms in total. The Bertz CT molecular complexity index is 512. The van der Waals surface area contributed by atoms with Gasteiger partial charge in [0.25, 0.3) is 5.91 Å². The SMILES string of the molecule is C=C(C)C(=O)Nc1c(I)cc(I)cc1C(=O)O. The fourth-order valence-electron chi connectivity index (χ4n) is 1.09. The summed E-state index contributed by atoms with van der Waals surface area (Å²) in [4.78, 5) is 22.6. The highest BCUT2D eigenvalue weighted by molar-refractivity contribution is 14.1. The van der Waals surface area contributed by atoms with E-state index in [1.165, 1.54) is 6.07 Å². The zero-order valence-electron chi connectivity index (χ0n) is 8.88. The van der Waals surface area contributed by atoms with Crippen molar-refractivity contribution in [3.8, 4) is 0 Å². The number of hydrogen-bond acceptors (Lipinski definition) is 2. The van der Waals surface area contributed by atoms with Gasteiger partial charge in [-0.25, -0.2) is 4.79 Å². The highest BCUT2D eigenvalue weighted by Crippen LogP contribution is 2.26. The van der Waals surface area contributed by atoms with E-state index in [2.05, 4.69) is 11.9 Å². The minimum atomic E-state index is -1.07. The van der Waals surface area contributed by atoms with Crippen molar-refractivity contribution in [3.05, 3.63) is 37.0 Å². The maximum absolute atomic E-state index is 11.5. The van der Waals surface area contributed by atoms with Crippen LogP contribution in [-0.2, 0) is 4.79 Å². The molecule has 6 heteroatoms. The second-order valence-electron chi connectivity index (χ2n) is 3.35. The van der Waals surface area contributed by atoms with Gasteiger partial charge in [0, 0.05) is 12.7 Å². The number of carboxylic acids is 1. The molecular weight excluding hydrogens is 448 g/mol. The second-order valence-corrected chi connectivity index (χ2v) is 5.76. The number of hydrogen-bond donors (Lipinski definition) is 2. The summed E-state index contributed by atoms with van der Waals surface area (Å²) in [6, 6.07) is 3.31. The van der Waals surface area contributed by atoms with E-state index in [9.17, 15) is 9.59 Å². The quantitative estimate of drug-likeness (QED) is 0.542. The highest BCUT2D eigenvalue weighted by atomic mass is 127. The summed E-state index contributed by atoms with van der Waals surface area (Å²) in [7, 11) is 0. The molecule has 0 heterocycles. The monoisotopic (exact) mass is 457 g/mol. The summed E-state index contributed by atoms with van der Waals surface area (Å²) in [5.74, 6) is -1.45. The highest BCUT2D eigenvalue weighted by Gasteiger charge is 2.16. The second kappa shape index (κ2) is 5.80. The van der Waals surface area contributed by atoms with Crippen LogP contribution in [0.25, 0.3) is 0 Å². The van der Waals surface area contributed by atoms with Crippen molar-refractivity contribution in [3.63, 3.8) is 0 Å². The molecular formula is C11H9I2NO3. The Kier molecular flexibility index (Phi) is 4.92. The van der Waals surface area contributed by atoms with E-state index in [1.807, 2.05) is 45.2 Å². The maximum atomic E-state index is 11.5. The van der Waals surface area contributed by atoms with Crippen LogP contribution >= 0.6 is 45.2 Å². The molecule has 90 valence electrons. The number of carbonyl (C=O) groups is 2. The number of halogens is 2. The molecule has 17 heavy (non-hydrogen) atoms. The lowest BCUT2D eigenvalue weighted by Crippen LogP contribution is -2.16. The average molecular weight is 457 g/mol. The fourth-order valence-corrected chi connectivity index (χ4v) is 3.07. The van der Waals surface area contributed by atoms with Gasteiger partial charge in [0.2, 0.25) is 0 Å². The fraction of sp³-hybridized carbons (Fsp3) is 0.0909. The largest absolute Gasteiger partial charge is 0.478 e. The Balaban J connectivity index is 3.26. The molecule has 0 saturated carbocycles. The third kappa shape index (κ3) is 3.66. The van der Waals surface area contributed by atoms with Gasteiger partial charge in [0.1, 0.15) is 0 Å². The van der Waals surface area contributed by atoms with Gasteiger partial charge < -0.3 is 10.4 Å². The first-order valence-corrected chi connectivity index (χ1v) is 6.68. The Morgan fingerprint density at radius 2 is 1.94 bits per heavy atom. The van der Waals surface area contributed by atoms with Crippen LogP contribution < -0.4 is 5.32 Å². The molecule has 0 aliphatic heterocycles. The third-order valence-electron chi connectivity index (χ3n) is 1.91. The molecule has 0 spiro atoms. The minimum absolute atomic E-state index is 0.0795. The number of carbonyl (C=O) groups excluding carboxylic acids is 1. The Labute approximate surface area is 126 Å². The van der Waals surface area contributed by atoms with E-state index in [-0.39, 0.29) is 11.5 Å². The van der Waals surface area contributed by atoms with Gasteiger partial charge in [-0.1, -0.05) is 6.58 Å². The summed E-state index contributed by atoms with van der Waals surface area (Å²) in [5.41, 5.74) is 0.720. The van der Waals surface area contributed by atoms with Crippen LogP contribution in [0.1, 0.15) is 17.3 Å². The molecule has 0 unspecified atom stereocenters. The molecule has 0 bridgehead atoms. The average Bonchev–Trinajstić information content (AvgIpc) is 2.20. The van der Waals surface area contributed by atoms with Crippen LogP contribution in [0.3, 0.4) is 0 Å². The molecule has 2 N–H and O–H groups in total. The summed E-state index contributed by atoms with van der Waals surface area (Å²) in [5, 5.41) is 11.6. The minimum Gasteiger partial charge on any atom is -0.478 e. The molecule has 0 saturated heterocycles. The molecule has 0 aromatic heterocycles. The van der Waals surface area contributed by atoms with E-state index in [0.29, 0.717) is 14.8 Å². The smallest absolute Gasteiger partial charge is 0.337 e. The van der Waals surface area contributed by atoms with E-state index in [0.717, 1.165) is 3.57 Å². The standard InChI is InChI=1S/C11H9I2NO3/c1-5(2)10(15)14-9-7(11(16)17)3-6(12)4-8(9)13/h3-4H,1H2,2H3,(H,14,15)(H,16,17). The van der Waals surface area contributed by atoms with Gasteiger partial charge in [0.05, 0.1) is 11.3 Å². The topological polar surface area (TPSA) is 66.4 Å². The normalized spacial score (nSPS) is 9.82. The number of aromatic carboxylic acids is 1. The number of carboxylic acid groups (broad SMARTS) is 1. The summed E-state index contributed by atoms with van der Waals surface area (Å²) in [6.07, 6.45) is 0. The Hall–Kier alpha value is -0.640. The van der Waals surface area contributed by atoms with Crippen molar-refractivity contribution in [2.45, 2.75) is 6.92 Å². The van der Waals surface area contributed by atoms with Crippen molar-refractivity contribution in [1.29, 1.82) is 0 Å². The molecule has 1 aromatic rings. The third-order valence-corrected chi connectivity index (χ3v) is 3.39. The Morgan fingerprint density at radius 3 is 2.41 bits per heavy atom. The zero-order chi connectivity index (χ0) is 13.2. The van der Waals surface area contributed by atoms with E-state index < -0.39 is 5.97 Å². The predicted octanol–water partition coefficient (Wildman–Crippen LogP) is 3.11. The zero-order valence-corrected chi connectivity index (χ0v) is 13.2. The van der Waals surface area contributed by atoms with Crippen LogP contribution in [0.15, 0.2) is 24.3 Å². The summed E-state index contributed by atoms with van der Waals surface area (Å²) < 4.78 is 1.49.